The minimum atomic E-state index is -0.122. The zero-order valence-electron chi connectivity index (χ0n) is 9.80. The maximum atomic E-state index is 10.8. The molecule has 0 heterocycles. The Morgan fingerprint density at radius 2 is 2.07 bits per heavy atom. The SMILES string of the molecule is CC[C@@H](C)[C@H](C)NCCCC(=O)OC. The second kappa shape index (κ2) is 7.80. The van der Waals surface area contributed by atoms with Crippen LogP contribution < -0.4 is 5.32 Å². The Hall–Kier alpha value is -0.570. The molecular formula is C11H23NO2. The summed E-state index contributed by atoms with van der Waals surface area (Å²) in [5, 5.41) is 3.40. The van der Waals surface area contributed by atoms with E-state index in [0.717, 1.165) is 13.0 Å². The van der Waals surface area contributed by atoms with Gasteiger partial charge in [0.25, 0.3) is 0 Å². The lowest BCUT2D eigenvalue weighted by molar-refractivity contribution is -0.140. The maximum absolute atomic E-state index is 10.8. The van der Waals surface area contributed by atoms with Crippen LogP contribution in [0.15, 0.2) is 0 Å². The monoisotopic (exact) mass is 201 g/mol. The van der Waals surface area contributed by atoms with Gasteiger partial charge in [0.15, 0.2) is 0 Å². The van der Waals surface area contributed by atoms with Crippen LogP contribution >= 0.6 is 0 Å². The van der Waals surface area contributed by atoms with E-state index in [1.54, 1.807) is 0 Å². The molecule has 0 unspecified atom stereocenters. The van der Waals surface area contributed by atoms with Gasteiger partial charge in [-0.1, -0.05) is 20.3 Å². The highest BCUT2D eigenvalue weighted by Gasteiger charge is 2.08. The van der Waals surface area contributed by atoms with Crippen molar-refractivity contribution in [3.63, 3.8) is 0 Å². The van der Waals surface area contributed by atoms with Crippen molar-refractivity contribution in [2.75, 3.05) is 13.7 Å². The number of hydrogen-bond acceptors (Lipinski definition) is 3. The van der Waals surface area contributed by atoms with Crippen molar-refractivity contribution in [2.45, 2.75) is 46.1 Å². The lowest BCUT2D eigenvalue weighted by atomic mass is 10.0. The van der Waals surface area contributed by atoms with Crippen molar-refractivity contribution < 1.29 is 9.53 Å². The first-order chi connectivity index (χ1) is 6.61. The highest BCUT2D eigenvalue weighted by Crippen LogP contribution is 2.06. The molecule has 0 rings (SSSR count). The molecule has 2 atom stereocenters. The van der Waals surface area contributed by atoms with E-state index in [1.807, 2.05) is 0 Å². The zero-order valence-corrected chi connectivity index (χ0v) is 9.80. The fourth-order valence-corrected chi connectivity index (χ4v) is 1.22. The molecule has 0 aliphatic carbocycles. The summed E-state index contributed by atoms with van der Waals surface area (Å²) < 4.78 is 4.56. The predicted octanol–water partition coefficient (Wildman–Crippen LogP) is 1.96. The van der Waals surface area contributed by atoms with E-state index in [9.17, 15) is 4.79 Å². The minimum absolute atomic E-state index is 0.122. The Morgan fingerprint density at radius 1 is 1.43 bits per heavy atom. The minimum Gasteiger partial charge on any atom is -0.469 e. The van der Waals surface area contributed by atoms with Gasteiger partial charge in [0.05, 0.1) is 7.11 Å². The van der Waals surface area contributed by atoms with Crippen LogP contribution in [0.25, 0.3) is 0 Å². The Kier molecular flexibility index (Phi) is 7.48. The van der Waals surface area contributed by atoms with E-state index in [0.29, 0.717) is 18.4 Å². The molecule has 0 spiro atoms. The number of carbonyl (C=O) groups excluding carboxylic acids is 1. The summed E-state index contributed by atoms with van der Waals surface area (Å²) in [4.78, 5) is 10.8. The Labute approximate surface area is 87.2 Å². The van der Waals surface area contributed by atoms with Crippen LogP contribution in [0.2, 0.25) is 0 Å². The van der Waals surface area contributed by atoms with Crippen LogP contribution in [0.4, 0.5) is 0 Å². The van der Waals surface area contributed by atoms with Gasteiger partial charge in [-0.05, 0) is 25.8 Å². The summed E-state index contributed by atoms with van der Waals surface area (Å²) in [5.41, 5.74) is 0. The van der Waals surface area contributed by atoms with Crippen molar-refractivity contribution >= 4 is 5.97 Å². The van der Waals surface area contributed by atoms with Gasteiger partial charge in [-0.25, -0.2) is 0 Å². The number of rotatable bonds is 7. The number of esters is 1. The van der Waals surface area contributed by atoms with Crippen molar-refractivity contribution in [1.29, 1.82) is 0 Å². The van der Waals surface area contributed by atoms with Gasteiger partial charge in [-0.3, -0.25) is 4.79 Å². The summed E-state index contributed by atoms with van der Waals surface area (Å²) in [6.07, 6.45) is 2.55. The Bertz CT molecular complexity index is 159. The number of hydrogen-bond donors (Lipinski definition) is 1. The molecule has 0 fully saturated rings. The van der Waals surface area contributed by atoms with Crippen LogP contribution in [0, 0.1) is 5.92 Å². The topological polar surface area (TPSA) is 38.3 Å². The highest BCUT2D eigenvalue weighted by atomic mass is 16.5. The fourth-order valence-electron chi connectivity index (χ4n) is 1.22. The first-order valence-corrected chi connectivity index (χ1v) is 5.42. The van der Waals surface area contributed by atoms with Crippen molar-refractivity contribution in [3.05, 3.63) is 0 Å². The molecule has 0 aromatic rings. The molecule has 0 amide bonds. The average Bonchev–Trinajstić information content (AvgIpc) is 2.22. The third-order valence-corrected chi connectivity index (χ3v) is 2.75. The number of carbonyl (C=O) groups is 1. The molecule has 3 heteroatoms. The normalized spacial score (nSPS) is 14.9. The molecular weight excluding hydrogens is 178 g/mol. The molecule has 1 N–H and O–H groups in total. The van der Waals surface area contributed by atoms with Crippen molar-refractivity contribution in [3.8, 4) is 0 Å². The molecule has 0 aromatic heterocycles. The molecule has 3 nitrogen and oxygen atoms in total. The molecule has 0 saturated carbocycles. The van der Waals surface area contributed by atoms with Crippen LogP contribution in [0.3, 0.4) is 0 Å². The van der Waals surface area contributed by atoms with E-state index >= 15 is 0 Å². The smallest absolute Gasteiger partial charge is 0.305 e. The van der Waals surface area contributed by atoms with E-state index in [-0.39, 0.29) is 5.97 Å². The summed E-state index contributed by atoms with van der Waals surface area (Å²) >= 11 is 0. The standard InChI is InChI=1S/C11H23NO2/c1-5-9(2)10(3)12-8-6-7-11(13)14-4/h9-10,12H,5-8H2,1-4H3/t9-,10+/m1/s1. The highest BCUT2D eigenvalue weighted by molar-refractivity contribution is 5.69. The van der Waals surface area contributed by atoms with E-state index < -0.39 is 0 Å². The first-order valence-electron chi connectivity index (χ1n) is 5.42. The lowest BCUT2D eigenvalue weighted by Gasteiger charge is -2.19. The summed E-state index contributed by atoms with van der Waals surface area (Å²) in [5.74, 6) is 0.566. The van der Waals surface area contributed by atoms with Gasteiger partial charge in [0, 0.05) is 12.5 Å². The van der Waals surface area contributed by atoms with Crippen LogP contribution in [0.5, 0.6) is 0 Å². The van der Waals surface area contributed by atoms with Gasteiger partial charge in [-0.2, -0.15) is 0 Å². The number of ether oxygens (including phenoxy) is 1. The second-order valence-electron chi connectivity index (χ2n) is 3.81. The molecule has 0 radical (unpaired) electrons. The lowest BCUT2D eigenvalue weighted by Crippen LogP contribution is -2.32. The summed E-state index contributed by atoms with van der Waals surface area (Å²) in [6.45, 7) is 7.50. The largest absolute Gasteiger partial charge is 0.469 e. The molecule has 0 aromatic carbocycles. The maximum Gasteiger partial charge on any atom is 0.305 e. The van der Waals surface area contributed by atoms with E-state index in [2.05, 4.69) is 30.8 Å². The number of methoxy groups -OCH3 is 1. The molecule has 14 heavy (non-hydrogen) atoms. The summed E-state index contributed by atoms with van der Waals surface area (Å²) in [6, 6.07) is 0.526. The van der Waals surface area contributed by atoms with Gasteiger partial charge in [-0.15, -0.1) is 0 Å². The van der Waals surface area contributed by atoms with Gasteiger partial charge < -0.3 is 10.1 Å². The van der Waals surface area contributed by atoms with Gasteiger partial charge in [0.2, 0.25) is 0 Å². The van der Waals surface area contributed by atoms with Crippen molar-refractivity contribution in [2.24, 2.45) is 5.92 Å². The first kappa shape index (κ1) is 13.4. The molecule has 84 valence electrons. The Balaban J connectivity index is 3.40. The van der Waals surface area contributed by atoms with Gasteiger partial charge in [0.1, 0.15) is 0 Å². The number of nitrogens with one attached hydrogen (secondary N) is 1. The molecule has 0 saturated heterocycles. The molecule has 0 aliphatic rings. The zero-order chi connectivity index (χ0) is 11.0. The average molecular weight is 201 g/mol. The van der Waals surface area contributed by atoms with Crippen LogP contribution in [-0.2, 0) is 9.53 Å². The van der Waals surface area contributed by atoms with Crippen LogP contribution in [-0.4, -0.2) is 25.7 Å². The third kappa shape index (κ3) is 5.97. The predicted molar refractivity (Wildman–Crippen MR) is 58.2 cm³/mol. The fraction of sp³-hybridized carbons (Fsp3) is 0.909. The van der Waals surface area contributed by atoms with E-state index in [4.69, 9.17) is 0 Å². The van der Waals surface area contributed by atoms with Crippen molar-refractivity contribution in [1.82, 2.24) is 5.32 Å². The van der Waals surface area contributed by atoms with E-state index in [1.165, 1.54) is 13.5 Å². The third-order valence-electron chi connectivity index (χ3n) is 2.75. The molecule has 0 aliphatic heterocycles. The van der Waals surface area contributed by atoms with Gasteiger partial charge >= 0.3 is 5.97 Å². The summed E-state index contributed by atoms with van der Waals surface area (Å²) in [7, 11) is 1.43. The quantitative estimate of drug-likeness (QED) is 0.505. The second-order valence-corrected chi connectivity index (χ2v) is 3.81. The molecule has 0 bridgehead atoms. The van der Waals surface area contributed by atoms with Crippen LogP contribution in [0.1, 0.15) is 40.0 Å². The Morgan fingerprint density at radius 3 is 2.57 bits per heavy atom.